The second kappa shape index (κ2) is 7.37. The van der Waals surface area contributed by atoms with E-state index >= 15 is 0 Å². The number of aliphatic hydroxyl groups excluding tert-OH is 1. The molecule has 1 aromatic heterocycles. The zero-order chi connectivity index (χ0) is 18.0. The summed E-state index contributed by atoms with van der Waals surface area (Å²) in [6, 6.07) is 9.86. The predicted molar refractivity (Wildman–Crippen MR) is 98.0 cm³/mol. The van der Waals surface area contributed by atoms with Gasteiger partial charge in [-0.15, -0.1) is 0 Å². The number of H-pyrrole nitrogens is 1. The molecule has 0 radical (unpaired) electrons. The van der Waals surface area contributed by atoms with Crippen LogP contribution in [0.1, 0.15) is 26.3 Å². The lowest BCUT2D eigenvalue weighted by Gasteiger charge is -2.15. The van der Waals surface area contributed by atoms with Gasteiger partial charge in [0, 0.05) is 34.3 Å². The number of hydrogen-bond donors (Lipinski definition) is 2. The fourth-order valence-electron chi connectivity index (χ4n) is 2.71. The first kappa shape index (κ1) is 17.6. The van der Waals surface area contributed by atoms with Crippen molar-refractivity contribution in [2.45, 2.75) is 11.8 Å². The number of alkyl halides is 1. The number of Topliss-reactive ketones (excluding diaryl/α,β-unsaturated/α-hetero) is 1. The van der Waals surface area contributed by atoms with Crippen molar-refractivity contribution >= 4 is 32.6 Å². The molecule has 0 aliphatic carbocycles. The van der Waals surface area contributed by atoms with Crippen LogP contribution >= 0.6 is 15.9 Å². The minimum absolute atomic E-state index is 0.0244. The van der Waals surface area contributed by atoms with Crippen molar-refractivity contribution in [2.24, 2.45) is 0 Å². The molecule has 0 saturated heterocycles. The van der Waals surface area contributed by atoms with E-state index in [0.29, 0.717) is 11.1 Å². The smallest absolute Gasteiger partial charge is 0.183 e. The van der Waals surface area contributed by atoms with E-state index in [0.717, 1.165) is 16.5 Å². The Morgan fingerprint density at radius 2 is 2.12 bits per heavy atom. The molecule has 3 aromatic rings. The van der Waals surface area contributed by atoms with E-state index in [4.69, 9.17) is 9.84 Å². The number of carbonyl (C=O) groups is 1. The Balaban J connectivity index is 1.98. The molecule has 0 aliphatic heterocycles. The number of hydrogen-bond acceptors (Lipinski definition) is 3. The van der Waals surface area contributed by atoms with E-state index in [1.807, 2.05) is 25.1 Å². The number of halogens is 2. The summed E-state index contributed by atoms with van der Waals surface area (Å²) in [7, 11) is 0. The van der Waals surface area contributed by atoms with Crippen molar-refractivity contribution in [3.63, 3.8) is 0 Å². The Morgan fingerprint density at radius 1 is 1.32 bits per heavy atom. The maximum Gasteiger partial charge on any atom is 0.183 e. The van der Waals surface area contributed by atoms with Gasteiger partial charge in [0.15, 0.2) is 5.78 Å². The zero-order valence-corrected chi connectivity index (χ0v) is 15.1. The fraction of sp³-hybridized carbons (Fsp3) is 0.211. The van der Waals surface area contributed by atoms with E-state index in [-0.39, 0.29) is 24.7 Å². The monoisotopic (exact) mass is 405 g/mol. The molecule has 0 aliphatic rings. The number of aryl methyl sites for hydroxylation is 1. The number of aromatic amines is 1. The summed E-state index contributed by atoms with van der Waals surface area (Å²) in [6.45, 7) is 1.79. The number of benzene rings is 2. The van der Waals surface area contributed by atoms with Gasteiger partial charge in [-0.1, -0.05) is 33.6 Å². The minimum Gasteiger partial charge on any atom is -0.491 e. The quantitative estimate of drug-likeness (QED) is 0.474. The van der Waals surface area contributed by atoms with Gasteiger partial charge in [0.05, 0.1) is 6.61 Å². The normalized spacial score (nSPS) is 12.3. The van der Waals surface area contributed by atoms with Crippen LogP contribution in [0.5, 0.6) is 5.75 Å². The molecule has 2 aromatic carbocycles. The summed E-state index contributed by atoms with van der Waals surface area (Å²) in [5, 5.41) is 9.77. The number of aliphatic hydroxyl groups is 1. The molecule has 6 heteroatoms. The van der Waals surface area contributed by atoms with Gasteiger partial charge >= 0.3 is 0 Å². The number of nitrogens with one attached hydrogen (secondary N) is 1. The summed E-state index contributed by atoms with van der Waals surface area (Å²) in [4.78, 5) is 15.4. The first-order valence-electron chi connectivity index (χ1n) is 7.80. The van der Waals surface area contributed by atoms with E-state index < -0.39 is 10.6 Å². The van der Waals surface area contributed by atoms with Gasteiger partial charge in [0.1, 0.15) is 23.0 Å². The number of rotatable bonds is 6. The molecular weight excluding hydrogens is 389 g/mol. The topological polar surface area (TPSA) is 62.3 Å². The second-order valence-corrected chi connectivity index (χ2v) is 6.65. The van der Waals surface area contributed by atoms with E-state index in [2.05, 4.69) is 20.9 Å². The molecule has 1 unspecified atom stereocenters. The minimum atomic E-state index is -0.693. The average Bonchev–Trinajstić information content (AvgIpc) is 3.01. The molecule has 1 heterocycles. The van der Waals surface area contributed by atoms with Crippen molar-refractivity contribution in [3.05, 3.63) is 65.1 Å². The van der Waals surface area contributed by atoms with Gasteiger partial charge in [0.25, 0.3) is 0 Å². The number of aromatic nitrogens is 1. The summed E-state index contributed by atoms with van der Waals surface area (Å²) >= 11 is 3.42. The van der Waals surface area contributed by atoms with Crippen LogP contribution in [0.25, 0.3) is 10.9 Å². The SMILES string of the molecule is Cc1ccc2[nH]cc(C(=O)C(Br)c3ccc(F)cc3OCCO)c2c1. The van der Waals surface area contributed by atoms with Crippen molar-refractivity contribution in [3.8, 4) is 5.75 Å². The van der Waals surface area contributed by atoms with Gasteiger partial charge in [-0.2, -0.15) is 0 Å². The first-order valence-corrected chi connectivity index (χ1v) is 8.72. The lowest BCUT2D eigenvalue weighted by molar-refractivity contribution is 0.0991. The molecule has 130 valence electrons. The van der Waals surface area contributed by atoms with Gasteiger partial charge < -0.3 is 14.8 Å². The Morgan fingerprint density at radius 3 is 2.88 bits per heavy atom. The summed E-state index contributed by atoms with van der Waals surface area (Å²) in [6.07, 6.45) is 1.68. The van der Waals surface area contributed by atoms with Gasteiger partial charge in [-0.3, -0.25) is 4.79 Å². The van der Waals surface area contributed by atoms with E-state index in [1.54, 1.807) is 6.20 Å². The van der Waals surface area contributed by atoms with Crippen molar-refractivity contribution in [2.75, 3.05) is 13.2 Å². The summed E-state index contributed by atoms with van der Waals surface area (Å²) in [5.74, 6) is -0.385. The van der Waals surface area contributed by atoms with Crippen molar-refractivity contribution in [1.82, 2.24) is 4.98 Å². The van der Waals surface area contributed by atoms with Crippen molar-refractivity contribution < 1.29 is 19.0 Å². The van der Waals surface area contributed by atoms with Gasteiger partial charge in [-0.05, 0) is 25.1 Å². The highest BCUT2D eigenvalue weighted by Gasteiger charge is 2.25. The maximum atomic E-state index is 13.5. The highest BCUT2D eigenvalue weighted by molar-refractivity contribution is 9.09. The van der Waals surface area contributed by atoms with Crippen LogP contribution < -0.4 is 4.74 Å². The Bertz CT molecular complexity index is 922. The molecular formula is C19H17BrFNO3. The van der Waals surface area contributed by atoms with Crippen LogP contribution in [0.2, 0.25) is 0 Å². The van der Waals surface area contributed by atoms with E-state index in [1.165, 1.54) is 18.2 Å². The Labute approximate surface area is 152 Å². The first-order chi connectivity index (χ1) is 12.0. The number of carbonyl (C=O) groups excluding carboxylic acids is 1. The Kier molecular flexibility index (Phi) is 5.20. The predicted octanol–water partition coefficient (Wildman–Crippen LogP) is 4.31. The second-order valence-electron chi connectivity index (χ2n) is 5.73. The number of ketones is 1. The molecule has 0 spiro atoms. The van der Waals surface area contributed by atoms with Crippen LogP contribution in [0.15, 0.2) is 42.6 Å². The highest BCUT2D eigenvalue weighted by Crippen LogP contribution is 2.36. The third-order valence-electron chi connectivity index (χ3n) is 3.93. The molecule has 0 amide bonds. The zero-order valence-electron chi connectivity index (χ0n) is 13.6. The lowest BCUT2D eigenvalue weighted by atomic mass is 10.0. The molecule has 0 fully saturated rings. The van der Waals surface area contributed by atoms with Crippen LogP contribution in [0, 0.1) is 12.7 Å². The third-order valence-corrected chi connectivity index (χ3v) is 4.84. The fourth-order valence-corrected chi connectivity index (χ4v) is 3.34. The van der Waals surface area contributed by atoms with Crippen molar-refractivity contribution in [1.29, 1.82) is 0 Å². The molecule has 0 saturated carbocycles. The summed E-state index contributed by atoms with van der Waals surface area (Å²) in [5.41, 5.74) is 3.00. The standard InChI is InChI=1S/C19H17BrFNO3/c1-11-2-5-16-14(8-11)15(10-22-16)19(24)18(20)13-4-3-12(21)9-17(13)25-7-6-23/h2-5,8-10,18,22-23H,6-7H2,1H3. The lowest BCUT2D eigenvalue weighted by Crippen LogP contribution is -2.10. The Hall–Kier alpha value is -2.18. The molecule has 1 atom stereocenters. The van der Waals surface area contributed by atoms with Gasteiger partial charge in [0.2, 0.25) is 0 Å². The summed E-state index contributed by atoms with van der Waals surface area (Å²) < 4.78 is 18.9. The molecule has 2 N–H and O–H groups in total. The molecule has 0 bridgehead atoms. The van der Waals surface area contributed by atoms with E-state index in [9.17, 15) is 9.18 Å². The van der Waals surface area contributed by atoms with Crippen LogP contribution in [-0.2, 0) is 0 Å². The van der Waals surface area contributed by atoms with Crippen LogP contribution in [0.4, 0.5) is 4.39 Å². The third kappa shape index (κ3) is 3.60. The highest BCUT2D eigenvalue weighted by atomic mass is 79.9. The molecule has 25 heavy (non-hydrogen) atoms. The van der Waals surface area contributed by atoms with Crippen LogP contribution in [0.3, 0.4) is 0 Å². The molecule has 3 rings (SSSR count). The van der Waals surface area contributed by atoms with Gasteiger partial charge in [-0.25, -0.2) is 4.39 Å². The largest absolute Gasteiger partial charge is 0.491 e. The maximum absolute atomic E-state index is 13.5. The average molecular weight is 406 g/mol. The number of ether oxygens (including phenoxy) is 1. The number of fused-ring (bicyclic) bond motifs is 1. The molecule has 4 nitrogen and oxygen atoms in total. The van der Waals surface area contributed by atoms with Crippen LogP contribution in [-0.4, -0.2) is 29.1 Å².